The first-order chi connectivity index (χ1) is 18.8. The fourth-order valence-corrected chi connectivity index (χ4v) is 5.39. The van der Waals surface area contributed by atoms with Gasteiger partial charge in [0.2, 0.25) is 0 Å². The molecular weight excluding hydrogens is 631 g/mol. The minimum absolute atomic E-state index is 0.149. The van der Waals surface area contributed by atoms with Gasteiger partial charge in [0.05, 0.1) is 21.6 Å². The third-order valence-electron chi connectivity index (χ3n) is 5.48. The summed E-state index contributed by atoms with van der Waals surface area (Å²) in [5.74, 6) is 0.873. The zero-order valence-corrected chi connectivity index (χ0v) is 24.4. The maximum absolute atomic E-state index is 12.9. The van der Waals surface area contributed by atoms with E-state index in [4.69, 9.17) is 14.2 Å². The first-order valence-corrected chi connectivity index (χ1v) is 14.1. The first kappa shape index (κ1) is 28.5. The van der Waals surface area contributed by atoms with Gasteiger partial charge >= 0.3 is 0 Å². The topological polar surface area (TPSA) is 94.2 Å². The van der Waals surface area contributed by atoms with E-state index in [-0.39, 0.29) is 36.8 Å². The molecule has 3 aromatic carbocycles. The van der Waals surface area contributed by atoms with E-state index in [1.165, 1.54) is 4.90 Å². The third kappa shape index (κ3) is 7.76. The SMILES string of the molecule is CCOc1cc(/C=C2\SC(=O)N(CCOc3ccccc3)C2=O)cc(I)c1OCC(=O)Nc1cccc(C)c1. The molecule has 0 bridgehead atoms. The van der Waals surface area contributed by atoms with E-state index in [0.29, 0.717) is 43.6 Å². The number of benzene rings is 3. The average molecular weight is 659 g/mol. The summed E-state index contributed by atoms with van der Waals surface area (Å²) in [5.41, 5.74) is 2.40. The highest BCUT2D eigenvalue weighted by Crippen LogP contribution is 2.37. The average Bonchev–Trinajstić information content (AvgIpc) is 3.16. The van der Waals surface area contributed by atoms with Crippen LogP contribution in [0.25, 0.3) is 6.08 Å². The van der Waals surface area contributed by atoms with Crippen LogP contribution in [-0.4, -0.2) is 48.3 Å². The molecule has 1 aliphatic heterocycles. The molecule has 3 aromatic rings. The molecule has 1 aliphatic rings. The summed E-state index contributed by atoms with van der Waals surface area (Å²) in [6.45, 7) is 4.32. The van der Waals surface area contributed by atoms with Crippen molar-refractivity contribution < 1.29 is 28.6 Å². The number of nitrogens with zero attached hydrogens (tertiary/aromatic N) is 1. The van der Waals surface area contributed by atoms with E-state index >= 15 is 0 Å². The van der Waals surface area contributed by atoms with Gasteiger partial charge in [-0.3, -0.25) is 19.3 Å². The number of ether oxygens (including phenoxy) is 3. The Morgan fingerprint density at radius 1 is 1.03 bits per heavy atom. The Morgan fingerprint density at radius 3 is 2.56 bits per heavy atom. The number of nitrogens with one attached hydrogen (secondary N) is 1. The highest BCUT2D eigenvalue weighted by Gasteiger charge is 2.35. The van der Waals surface area contributed by atoms with Crippen LogP contribution < -0.4 is 19.5 Å². The number of para-hydroxylation sites is 1. The molecule has 0 aromatic heterocycles. The highest BCUT2D eigenvalue weighted by atomic mass is 127. The Hall–Kier alpha value is -3.51. The van der Waals surface area contributed by atoms with Crippen molar-refractivity contribution in [2.24, 2.45) is 0 Å². The zero-order chi connectivity index (χ0) is 27.8. The van der Waals surface area contributed by atoms with E-state index in [1.807, 2.05) is 74.5 Å². The Morgan fingerprint density at radius 2 is 1.82 bits per heavy atom. The number of imide groups is 1. The minimum atomic E-state index is -0.372. The molecule has 0 saturated carbocycles. The quantitative estimate of drug-likeness (QED) is 0.196. The number of aryl methyl sites for hydroxylation is 1. The van der Waals surface area contributed by atoms with Gasteiger partial charge in [-0.25, -0.2) is 0 Å². The predicted molar refractivity (Wildman–Crippen MR) is 160 cm³/mol. The van der Waals surface area contributed by atoms with Crippen LogP contribution in [0, 0.1) is 10.5 Å². The Bertz CT molecular complexity index is 1400. The van der Waals surface area contributed by atoms with Gasteiger partial charge in [-0.05, 0) is 102 Å². The summed E-state index contributed by atoms with van der Waals surface area (Å²) in [6.07, 6.45) is 1.65. The largest absolute Gasteiger partial charge is 0.492 e. The van der Waals surface area contributed by atoms with Gasteiger partial charge in [-0.1, -0.05) is 30.3 Å². The van der Waals surface area contributed by atoms with Crippen molar-refractivity contribution in [3.63, 3.8) is 0 Å². The van der Waals surface area contributed by atoms with Crippen molar-refractivity contribution in [1.82, 2.24) is 4.90 Å². The van der Waals surface area contributed by atoms with Crippen LogP contribution in [0.1, 0.15) is 18.1 Å². The van der Waals surface area contributed by atoms with Crippen LogP contribution in [0.4, 0.5) is 10.5 Å². The molecule has 0 unspecified atom stereocenters. The minimum Gasteiger partial charge on any atom is -0.492 e. The molecule has 10 heteroatoms. The molecule has 39 heavy (non-hydrogen) atoms. The van der Waals surface area contributed by atoms with Gasteiger partial charge in [0.25, 0.3) is 17.1 Å². The highest BCUT2D eigenvalue weighted by molar-refractivity contribution is 14.1. The van der Waals surface area contributed by atoms with Crippen molar-refractivity contribution in [2.45, 2.75) is 13.8 Å². The molecule has 3 amide bonds. The van der Waals surface area contributed by atoms with E-state index in [2.05, 4.69) is 27.9 Å². The van der Waals surface area contributed by atoms with Gasteiger partial charge in [0.1, 0.15) is 12.4 Å². The molecule has 202 valence electrons. The lowest BCUT2D eigenvalue weighted by Gasteiger charge is -2.15. The first-order valence-electron chi connectivity index (χ1n) is 12.2. The van der Waals surface area contributed by atoms with Crippen LogP contribution in [0.5, 0.6) is 17.2 Å². The maximum Gasteiger partial charge on any atom is 0.293 e. The van der Waals surface area contributed by atoms with Gasteiger partial charge in [-0.15, -0.1) is 0 Å². The predicted octanol–water partition coefficient (Wildman–Crippen LogP) is 6.13. The number of rotatable bonds is 11. The van der Waals surface area contributed by atoms with Crippen LogP contribution in [0.3, 0.4) is 0 Å². The van der Waals surface area contributed by atoms with Gasteiger partial charge in [0, 0.05) is 5.69 Å². The second-order valence-corrected chi connectivity index (χ2v) is 10.6. The van der Waals surface area contributed by atoms with Crippen molar-refractivity contribution in [3.05, 3.63) is 86.3 Å². The third-order valence-corrected chi connectivity index (χ3v) is 7.19. The maximum atomic E-state index is 12.9. The van der Waals surface area contributed by atoms with E-state index < -0.39 is 0 Å². The second kappa shape index (κ2) is 13.5. The van der Waals surface area contributed by atoms with Crippen molar-refractivity contribution in [3.8, 4) is 17.2 Å². The fourth-order valence-electron chi connectivity index (χ4n) is 3.75. The van der Waals surface area contributed by atoms with Crippen LogP contribution in [0.2, 0.25) is 0 Å². The molecule has 0 aliphatic carbocycles. The molecular formula is C29H27IN2O6S. The van der Waals surface area contributed by atoms with Crippen LogP contribution in [-0.2, 0) is 9.59 Å². The monoisotopic (exact) mass is 658 g/mol. The molecule has 1 saturated heterocycles. The van der Waals surface area contributed by atoms with Gasteiger partial charge in [-0.2, -0.15) is 0 Å². The number of halogens is 1. The van der Waals surface area contributed by atoms with E-state index in [0.717, 1.165) is 17.3 Å². The lowest BCUT2D eigenvalue weighted by Crippen LogP contribution is -2.32. The number of amides is 3. The van der Waals surface area contributed by atoms with Gasteiger partial charge in [0.15, 0.2) is 18.1 Å². The summed E-state index contributed by atoms with van der Waals surface area (Å²) in [4.78, 5) is 39.4. The number of hydrogen-bond acceptors (Lipinski definition) is 7. The number of anilines is 1. The van der Waals surface area contributed by atoms with Crippen molar-refractivity contribution in [2.75, 3.05) is 31.7 Å². The van der Waals surface area contributed by atoms with Crippen LogP contribution in [0.15, 0.2) is 71.6 Å². The summed E-state index contributed by atoms with van der Waals surface area (Å²) < 4.78 is 17.9. The van der Waals surface area contributed by atoms with Gasteiger partial charge < -0.3 is 19.5 Å². The van der Waals surface area contributed by atoms with Crippen LogP contribution >= 0.6 is 34.4 Å². The zero-order valence-electron chi connectivity index (χ0n) is 21.4. The molecule has 1 N–H and O–H groups in total. The molecule has 0 spiro atoms. The number of hydrogen-bond donors (Lipinski definition) is 1. The molecule has 1 fully saturated rings. The number of carbonyl (C=O) groups is 3. The second-order valence-electron chi connectivity index (χ2n) is 8.46. The summed E-state index contributed by atoms with van der Waals surface area (Å²) in [7, 11) is 0. The summed E-state index contributed by atoms with van der Waals surface area (Å²) >= 11 is 2.98. The lowest BCUT2D eigenvalue weighted by molar-refractivity contribution is -0.123. The van der Waals surface area contributed by atoms with E-state index in [1.54, 1.807) is 12.1 Å². The van der Waals surface area contributed by atoms with Crippen molar-refractivity contribution >= 4 is 63.2 Å². The fraction of sp³-hybridized carbons (Fsp3) is 0.207. The molecule has 0 atom stereocenters. The number of thioether (sulfide) groups is 1. The molecule has 8 nitrogen and oxygen atoms in total. The standard InChI is InChI=1S/C29H27IN2O6S/c1-3-36-24-16-20(15-23(30)27(24)38-18-26(33)31-21-9-7-8-19(2)14-21)17-25-28(34)32(29(35)39-25)12-13-37-22-10-5-4-6-11-22/h4-11,14-17H,3,12-13,18H2,1-2H3,(H,31,33)/b25-17-. The molecule has 4 rings (SSSR count). The Kier molecular flexibility index (Phi) is 9.88. The summed E-state index contributed by atoms with van der Waals surface area (Å²) in [6, 6.07) is 20.3. The van der Waals surface area contributed by atoms with E-state index in [9.17, 15) is 14.4 Å². The molecule has 0 radical (unpaired) electrons. The Balaban J connectivity index is 1.42. The summed E-state index contributed by atoms with van der Waals surface area (Å²) in [5, 5.41) is 2.47. The lowest BCUT2D eigenvalue weighted by atomic mass is 10.2. The molecule has 1 heterocycles. The number of carbonyl (C=O) groups excluding carboxylic acids is 3. The Labute approximate surface area is 244 Å². The van der Waals surface area contributed by atoms with Crippen molar-refractivity contribution in [1.29, 1.82) is 0 Å². The smallest absolute Gasteiger partial charge is 0.293 e. The normalized spacial score (nSPS) is 14.0.